The third kappa shape index (κ3) is 1.21. The molecule has 0 unspecified atom stereocenters. The van der Waals surface area contributed by atoms with Gasteiger partial charge in [-0.15, -0.1) is 0 Å². The Labute approximate surface area is 58.5 Å². The lowest BCUT2D eigenvalue weighted by molar-refractivity contribution is 0.561. The molecule has 51 valence electrons. The Hall–Kier alpha value is -1.18. The van der Waals surface area contributed by atoms with Crippen LogP contribution in [0, 0.1) is 12.7 Å². The summed E-state index contributed by atoms with van der Waals surface area (Å²) in [5.74, 6) is -0.360. The molecule has 0 aromatic heterocycles. The molecule has 0 heterocycles. The van der Waals surface area contributed by atoms with Gasteiger partial charge in [0.2, 0.25) is 6.29 Å². The zero-order valence-corrected chi connectivity index (χ0v) is 5.52. The Balaban J connectivity index is 3.16. The molecule has 0 spiro atoms. The summed E-state index contributed by atoms with van der Waals surface area (Å²) < 4.78 is 12.6. The van der Waals surface area contributed by atoms with Gasteiger partial charge in [0.15, 0.2) is 0 Å². The third-order valence-electron chi connectivity index (χ3n) is 1.29. The van der Waals surface area contributed by atoms with Gasteiger partial charge < -0.3 is 0 Å². The fourth-order valence-electron chi connectivity index (χ4n) is 0.656. The lowest BCUT2D eigenvalue weighted by Crippen LogP contribution is -1.85. The number of benzene rings is 1. The Morgan fingerprint density at radius 3 is 2.70 bits per heavy atom. The summed E-state index contributed by atoms with van der Waals surface area (Å²) in [5.41, 5.74) is 0.794. The largest absolute Gasteiger partial charge is 0.285 e. The van der Waals surface area contributed by atoms with Crippen LogP contribution in [0.3, 0.4) is 0 Å². The van der Waals surface area contributed by atoms with Gasteiger partial charge in [-0.3, -0.25) is 4.79 Å². The van der Waals surface area contributed by atoms with E-state index in [9.17, 15) is 9.18 Å². The molecule has 0 fully saturated rings. The second kappa shape index (κ2) is 2.60. The number of aryl methyl sites for hydroxylation is 1. The first-order valence-corrected chi connectivity index (χ1v) is 2.88. The third-order valence-corrected chi connectivity index (χ3v) is 1.29. The quantitative estimate of drug-likeness (QED) is 0.574. The molecule has 1 rings (SSSR count). The lowest BCUT2D eigenvalue weighted by atomic mass is 10.1. The van der Waals surface area contributed by atoms with E-state index in [0.717, 1.165) is 0 Å². The van der Waals surface area contributed by atoms with Gasteiger partial charge in [0.25, 0.3) is 0 Å². The molecule has 0 bridgehead atoms. The van der Waals surface area contributed by atoms with Gasteiger partial charge in [0.1, 0.15) is 5.82 Å². The maximum absolute atomic E-state index is 12.6. The minimum absolute atomic E-state index is 0.253. The van der Waals surface area contributed by atoms with Crippen molar-refractivity contribution in [2.45, 2.75) is 6.92 Å². The van der Waals surface area contributed by atoms with Crippen LogP contribution >= 0.6 is 0 Å². The van der Waals surface area contributed by atoms with E-state index in [1.54, 1.807) is 19.3 Å². The van der Waals surface area contributed by atoms with Crippen molar-refractivity contribution in [2.24, 2.45) is 0 Å². The molecule has 10 heavy (non-hydrogen) atoms. The number of hydrogen-bond acceptors (Lipinski definition) is 1. The summed E-state index contributed by atoms with van der Waals surface area (Å²) in [6.45, 7) is 1.64. The highest BCUT2D eigenvalue weighted by molar-refractivity contribution is 5.75. The molecule has 0 N–H and O–H groups in total. The molecular formula is C8H6FO. The van der Waals surface area contributed by atoms with Crippen molar-refractivity contribution < 1.29 is 9.18 Å². The minimum Gasteiger partial charge on any atom is -0.285 e. The van der Waals surface area contributed by atoms with Crippen LogP contribution in [0.2, 0.25) is 0 Å². The van der Waals surface area contributed by atoms with Gasteiger partial charge in [-0.1, -0.05) is 12.1 Å². The van der Waals surface area contributed by atoms with E-state index in [2.05, 4.69) is 0 Å². The Morgan fingerprint density at radius 2 is 2.20 bits per heavy atom. The van der Waals surface area contributed by atoms with Crippen LogP contribution in [0.4, 0.5) is 4.39 Å². The number of carbonyl (C=O) groups excluding carboxylic acids is 1. The second-order valence-corrected chi connectivity index (χ2v) is 2.07. The summed E-state index contributed by atoms with van der Waals surface area (Å²) in [4.78, 5) is 9.98. The molecule has 0 aliphatic heterocycles. The predicted octanol–water partition coefficient (Wildman–Crippen LogP) is 1.59. The van der Waals surface area contributed by atoms with Gasteiger partial charge in [-0.05, 0) is 18.6 Å². The summed E-state index contributed by atoms with van der Waals surface area (Å²) >= 11 is 0. The van der Waals surface area contributed by atoms with Gasteiger partial charge >= 0.3 is 0 Å². The molecule has 2 heteroatoms. The number of halogens is 1. The van der Waals surface area contributed by atoms with Crippen LogP contribution in [0.15, 0.2) is 18.2 Å². The lowest BCUT2D eigenvalue weighted by Gasteiger charge is -1.93. The standard InChI is InChI=1S/C8H6FO/c1-6-2-3-7(5-10)4-8(6)9/h2-4H,1H3. The number of rotatable bonds is 1. The molecule has 0 atom stereocenters. The summed E-state index contributed by atoms with van der Waals surface area (Å²) in [7, 11) is 0. The van der Waals surface area contributed by atoms with Crippen LogP contribution in [0.5, 0.6) is 0 Å². The van der Waals surface area contributed by atoms with Crippen LogP contribution in [0.1, 0.15) is 11.1 Å². The summed E-state index contributed by atoms with van der Waals surface area (Å²) in [6.07, 6.45) is 1.60. The topological polar surface area (TPSA) is 17.1 Å². The zero-order valence-electron chi connectivity index (χ0n) is 5.52. The molecule has 1 aromatic rings. The zero-order chi connectivity index (χ0) is 7.56. The maximum Gasteiger partial charge on any atom is 0.233 e. The SMILES string of the molecule is Cc1ccc([C]=O)cc1F. The highest BCUT2D eigenvalue weighted by atomic mass is 19.1. The van der Waals surface area contributed by atoms with Gasteiger partial charge in [-0.25, -0.2) is 4.39 Å². The minimum atomic E-state index is -0.360. The summed E-state index contributed by atoms with van der Waals surface area (Å²) in [6, 6.07) is 4.25. The van der Waals surface area contributed by atoms with Crippen LogP contribution in [-0.2, 0) is 4.79 Å². The highest BCUT2D eigenvalue weighted by Crippen LogP contribution is 2.06. The molecular weight excluding hydrogens is 131 g/mol. The van der Waals surface area contributed by atoms with E-state index in [0.29, 0.717) is 5.56 Å². The second-order valence-electron chi connectivity index (χ2n) is 2.07. The van der Waals surface area contributed by atoms with Crippen LogP contribution in [-0.4, -0.2) is 6.29 Å². The first kappa shape index (κ1) is 6.93. The van der Waals surface area contributed by atoms with Crippen molar-refractivity contribution in [3.63, 3.8) is 0 Å². The van der Waals surface area contributed by atoms with Crippen LogP contribution in [0.25, 0.3) is 0 Å². The molecule has 0 amide bonds. The van der Waals surface area contributed by atoms with Crippen LogP contribution < -0.4 is 0 Å². The molecule has 0 aliphatic rings. The molecule has 0 saturated carbocycles. The Morgan fingerprint density at radius 1 is 1.50 bits per heavy atom. The van der Waals surface area contributed by atoms with E-state index in [1.807, 2.05) is 0 Å². The number of hydrogen-bond donors (Lipinski definition) is 0. The average molecular weight is 137 g/mol. The van der Waals surface area contributed by atoms with E-state index in [1.165, 1.54) is 12.1 Å². The van der Waals surface area contributed by atoms with Crippen molar-refractivity contribution in [3.8, 4) is 0 Å². The van der Waals surface area contributed by atoms with Gasteiger partial charge in [0.05, 0.1) is 0 Å². The normalized spacial score (nSPS) is 9.40. The molecule has 0 saturated heterocycles. The highest BCUT2D eigenvalue weighted by Gasteiger charge is 1.97. The van der Waals surface area contributed by atoms with Gasteiger partial charge in [0, 0.05) is 5.56 Å². The molecule has 1 nitrogen and oxygen atoms in total. The molecule has 1 aromatic carbocycles. The Kier molecular flexibility index (Phi) is 1.81. The van der Waals surface area contributed by atoms with E-state index in [4.69, 9.17) is 0 Å². The first-order chi connectivity index (χ1) is 4.74. The maximum atomic E-state index is 12.6. The van der Waals surface area contributed by atoms with E-state index < -0.39 is 0 Å². The van der Waals surface area contributed by atoms with Crippen molar-refractivity contribution >= 4 is 6.29 Å². The van der Waals surface area contributed by atoms with E-state index >= 15 is 0 Å². The monoisotopic (exact) mass is 137 g/mol. The van der Waals surface area contributed by atoms with Gasteiger partial charge in [-0.2, -0.15) is 0 Å². The fourth-order valence-corrected chi connectivity index (χ4v) is 0.656. The molecule has 1 radical (unpaired) electrons. The molecule has 0 aliphatic carbocycles. The van der Waals surface area contributed by atoms with Crippen molar-refractivity contribution in [1.82, 2.24) is 0 Å². The van der Waals surface area contributed by atoms with E-state index in [-0.39, 0.29) is 11.4 Å². The Bertz CT molecular complexity index is 255. The van der Waals surface area contributed by atoms with Crippen molar-refractivity contribution in [3.05, 3.63) is 35.1 Å². The summed E-state index contributed by atoms with van der Waals surface area (Å²) in [5, 5.41) is 0. The van der Waals surface area contributed by atoms with Crippen molar-refractivity contribution in [1.29, 1.82) is 0 Å². The average Bonchev–Trinajstić information content (AvgIpc) is 1.95. The van der Waals surface area contributed by atoms with Crippen molar-refractivity contribution in [2.75, 3.05) is 0 Å². The smallest absolute Gasteiger partial charge is 0.233 e. The first-order valence-electron chi connectivity index (χ1n) is 2.88. The predicted molar refractivity (Wildman–Crippen MR) is 35.9 cm³/mol. The fraction of sp³-hybridized carbons (Fsp3) is 0.125.